The topological polar surface area (TPSA) is 76.1 Å². The van der Waals surface area contributed by atoms with Gasteiger partial charge in [0.2, 0.25) is 0 Å². The molecule has 31 heavy (non-hydrogen) atoms. The summed E-state index contributed by atoms with van der Waals surface area (Å²) in [4.78, 5) is 14.6. The van der Waals surface area contributed by atoms with Gasteiger partial charge in [0.15, 0.2) is 0 Å². The Labute approximate surface area is 182 Å². The van der Waals surface area contributed by atoms with E-state index in [9.17, 15) is 9.90 Å². The van der Waals surface area contributed by atoms with Crippen LogP contribution in [0.3, 0.4) is 0 Å². The molecule has 0 bridgehead atoms. The lowest BCUT2D eigenvalue weighted by Gasteiger charge is -2.32. The Kier molecular flexibility index (Phi) is 5.77. The lowest BCUT2D eigenvalue weighted by molar-refractivity contribution is -0.928. The van der Waals surface area contributed by atoms with Crippen LogP contribution in [0.25, 0.3) is 11.0 Å². The molecule has 6 heteroatoms. The van der Waals surface area contributed by atoms with Crippen molar-refractivity contribution in [3.63, 3.8) is 0 Å². The third kappa shape index (κ3) is 4.31. The van der Waals surface area contributed by atoms with Crippen molar-refractivity contribution in [2.45, 2.75) is 53.4 Å². The van der Waals surface area contributed by atoms with Gasteiger partial charge in [-0.3, -0.25) is 4.79 Å². The van der Waals surface area contributed by atoms with E-state index in [1.54, 1.807) is 19.1 Å². The fourth-order valence-corrected chi connectivity index (χ4v) is 4.74. The van der Waals surface area contributed by atoms with Crippen LogP contribution in [0.4, 0.5) is 5.69 Å². The number of aryl methyl sites for hydroxylation is 3. The van der Waals surface area contributed by atoms with Crippen molar-refractivity contribution in [1.29, 1.82) is 0 Å². The highest BCUT2D eigenvalue weighted by Gasteiger charge is 2.29. The summed E-state index contributed by atoms with van der Waals surface area (Å²) in [5.41, 5.74) is 4.76. The number of hydrogen-bond acceptors (Lipinski definition) is 4. The molecule has 1 aromatic heterocycles. The minimum atomic E-state index is -0.228. The van der Waals surface area contributed by atoms with Gasteiger partial charge in [-0.25, -0.2) is 0 Å². The Morgan fingerprint density at radius 3 is 2.52 bits per heavy atom. The molecule has 164 valence electrons. The molecule has 2 heterocycles. The molecule has 0 spiro atoms. The largest absolute Gasteiger partial charge is 0.507 e. The van der Waals surface area contributed by atoms with Gasteiger partial charge in [-0.05, 0) is 58.4 Å². The highest BCUT2D eigenvalue weighted by Crippen LogP contribution is 2.34. The van der Waals surface area contributed by atoms with Crippen LogP contribution in [0.15, 0.2) is 34.7 Å². The molecule has 0 saturated carbocycles. The van der Waals surface area contributed by atoms with Crippen molar-refractivity contribution in [2.24, 2.45) is 0 Å². The minimum Gasteiger partial charge on any atom is -0.507 e. The Morgan fingerprint density at radius 2 is 1.84 bits per heavy atom. The van der Waals surface area contributed by atoms with Crippen LogP contribution in [0, 0.1) is 20.8 Å². The Morgan fingerprint density at radius 1 is 1.13 bits per heavy atom. The molecule has 3 aromatic rings. The molecular formula is C25H31N2O4+. The first-order valence-corrected chi connectivity index (χ1v) is 10.8. The number of quaternary nitrogens is 1. The van der Waals surface area contributed by atoms with E-state index in [1.165, 1.54) is 4.90 Å². The molecule has 2 aromatic carbocycles. The highest BCUT2D eigenvalue weighted by molar-refractivity contribution is 6.14. The van der Waals surface area contributed by atoms with Gasteiger partial charge in [0.05, 0.1) is 11.1 Å². The summed E-state index contributed by atoms with van der Waals surface area (Å²) in [5.74, 6) is 0.504. The first-order chi connectivity index (χ1) is 14.7. The van der Waals surface area contributed by atoms with Gasteiger partial charge in [-0.15, -0.1) is 0 Å². The standard InChI is InChI=1S/C25H30N2O4/c1-14-6-7-20(15(2)10-14)26-25(29)23-18(5)31-22-9-8-21(28)19(24(22)23)13-27-11-16(3)30-17(4)12-27/h6-10,16-17,28H,11-13H2,1-5H3,(H,26,29)/p+1/t16-,17-/m1/s1. The van der Waals surface area contributed by atoms with E-state index in [4.69, 9.17) is 9.15 Å². The number of furan rings is 1. The number of nitrogens with one attached hydrogen (secondary N) is 2. The Balaban J connectivity index is 1.73. The maximum atomic E-state index is 13.3. The molecule has 6 nitrogen and oxygen atoms in total. The van der Waals surface area contributed by atoms with Crippen LogP contribution in [0.1, 0.15) is 46.7 Å². The summed E-state index contributed by atoms with van der Waals surface area (Å²) in [7, 11) is 0. The number of fused-ring (bicyclic) bond motifs is 1. The van der Waals surface area contributed by atoms with E-state index in [2.05, 4.69) is 19.2 Å². The van der Waals surface area contributed by atoms with Crippen LogP contribution in [-0.4, -0.2) is 36.3 Å². The number of benzene rings is 2. The molecular weight excluding hydrogens is 392 g/mol. The molecule has 4 rings (SSSR count). The number of morpholine rings is 1. The SMILES string of the molecule is Cc1ccc(NC(=O)c2c(C)oc3ccc(O)c(C[NH+]4C[C@@H](C)O[C@H](C)C4)c23)c(C)c1. The predicted octanol–water partition coefficient (Wildman–Crippen LogP) is 3.51. The van der Waals surface area contributed by atoms with E-state index in [0.717, 1.165) is 35.5 Å². The van der Waals surface area contributed by atoms with Crippen molar-refractivity contribution in [2.75, 3.05) is 18.4 Å². The highest BCUT2D eigenvalue weighted by atomic mass is 16.5. The lowest BCUT2D eigenvalue weighted by Crippen LogP contribution is -3.14. The van der Waals surface area contributed by atoms with Gasteiger partial charge < -0.3 is 24.5 Å². The number of amides is 1. The number of phenols is 1. The summed E-state index contributed by atoms with van der Waals surface area (Å²) in [6.07, 6.45) is 0.303. The van der Waals surface area contributed by atoms with E-state index in [0.29, 0.717) is 28.8 Å². The monoisotopic (exact) mass is 423 g/mol. The third-order valence-corrected chi connectivity index (χ3v) is 6.02. The fraction of sp³-hybridized carbons (Fsp3) is 0.400. The molecule has 3 N–H and O–H groups in total. The molecule has 1 saturated heterocycles. The van der Waals surface area contributed by atoms with Crippen molar-refractivity contribution >= 4 is 22.6 Å². The van der Waals surface area contributed by atoms with Crippen LogP contribution in [-0.2, 0) is 11.3 Å². The number of aromatic hydroxyl groups is 1. The molecule has 2 atom stereocenters. The lowest BCUT2D eigenvalue weighted by atomic mass is 10.0. The quantitative estimate of drug-likeness (QED) is 0.600. The average Bonchev–Trinajstić information content (AvgIpc) is 3.02. The number of anilines is 1. The fourth-order valence-electron chi connectivity index (χ4n) is 4.74. The van der Waals surface area contributed by atoms with Crippen LogP contribution >= 0.6 is 0 Å². The second-order valence-corrected chi connectivity index (χ2v) is 8.83. The molecule has 0 aliphatic carbocycles. The van der Waals surface area contributed by atoms with Crippen LogP contribution in [0.5, 0.6) is 5.75 Å². The maximum Gasteiger partial charge on any atom is 0.259 e. The van der Waals surface area contributed by atoms with Gasteiger partial charge in [-0.2, -0.15) is 0 Å². The normalized spacial score (nSPS) is 21.4. The molecule has 0 unspecified atom stereocenters. The first kappa shape index (κ1) is 21.4. The molecule has 1 aliphatic heterocycles. The number of phenolic OH excluding ortho intramolecular Hbond substituents is 1. The third-order valence-electron chi connectivity index (χ3n) is 6.02. The minimum absolute atomic E-state index is 0.151. The Bertz CT molecular complexity index is 1120. The second-order valence-electron chi connectivity index (χ2n) is 8.83. The number of hydrogen-bond donors (Lipinski definition) is 3. The number of ether oxygens (including phenoxy) is 1. The number of carbonyl (C=O) groups excluding carboxylic acids is 1. The van der Waals surface area contributed by atoms with Crippen molar-refractivity contribution in [3.05, 3.63) is 58.3 Å². The van der Waals surface area contributed by atoms with Gasteiger partial charge in [-0.1, -0.05) is 17.7 Å². The zero-order valence-electron chi connectivity index (χ0n) is 18.8. The van der Waals surface area contributed by atoms with Gasteiger partial charge in [0.1, 0.15) is 48.9 Å². The van der Waals surface area contributed by atoms with Gasteiger partial charge in [0.25, 0.3) is 5.91 Å². The number of carbonyl (C=O) groups is 1. The molecule has 1 amide bonds. The summed E-state index contributed by atoms with van der Waals surface area (Å²) in [6, 6.07) is 9.31. The van der Waals surface area contributed by atoms with Crippen LogP contribution < -0.4 is 10.2 Å². The molecule has 1 aliphatic rings. The van der Waals surface area contributed by atoms with Crippen molar-refractivity contribution < 1.29 is 24.0 Å². The van der Waals surface area contributed by atoms with Crippen LogP contribution in [0.2, 0.25) is 0 Å². The Hall–Kier alpha value is -2.83. The van der Waals surface area contributed by atoms with E-state index < -0.39 is 0 Å². The summed E-state index contributed by atoms with van der Waals surface area (Å²) in [5, 5.41) is 14.5. The smallest absolute Gasteiger partial charge is 0.259 e. The predicted molar refractivity (Wildman–Crippen MR) is 121 cm³/mol. The first-order valence-electron chi connectivity index (χ1n) is 10.8. The number of rotatable bonds is 4. The summed E-state index contributed by atoms with van der Waals surface area (Å²) in [6.45, 7) is 12.2. The zero-order valence-corrected chi connectivity index (χ0v) is 18.8. The van der Waals surface area contributed by atoms with Gasteiger partial charge >= 0.3 is 0 Å². The van der Waals surface area contributed by atoms with Gasteiger partial charge in [0, 0.05) is 11.1 Å². The second kappa shape index (κ2) is 8.36. The van der Waals surface area contributed by atoms with E-state index in [-0.39, 0.29) is 23.9 Å². The zero-order chi connectivity index (χ0) is 22.3. The summed E-state index contributed by atoms with van der Waals surface area (Å²) >= 11 is 0. The summed E-state index contributed by atoms with van der Waals surface area (Å²) < 4.78 is 11.8. The maximum absolute atomic E-state index is 13.3. The average molecular weight is 424 g/mol. The van der Waals surface area contributed by atoms with Crippen molar-refractivity contribution in [3.8, 4) is 5.75 Å². The molecule has 1 fully saturated rings. The van der Waals surface area contributed by atoms with Crippen molar-refractivity contribution in [1.82, 2.24) is 0 Å². The van der Waals surface area contributed by atoms with E-state index >= 15 is 0 Å². The van der Waals surface area contributed by atoms with E-state index in [1.807, 2.05) is 32.0 Å². The molecule has 0 radical (unpaired) electrons.